The van der Waals surface area contributed by atoms with Gasteiger partial charge in [-0.2, -0.15) is 5.10 Å². The van der Waals surface area contributed by atoms with Crippen LogP contribution in [-0.4, -0.2) is 29.4 Å². The van der Waals surface area contributed by atoms with E-state index in [0.717, 1.165) is 4.90 Å². The molecular formula is C19H13Cl2N3O3. The number of anilines is 2. The lowest BCUT2D eigenvalue weighted by Crippen LogP contribution is -2.39. The molecule has 0 unspecified atom stereocenters. The van der Waals surface area contributed by atoms with Gasteiger partial charge in [0, 0.05) is 11.9 Å². The summed E-state index contributed by atoms with van der Waals surface area (Å²) < 4.78 is 0. The molecule has 0 saturated carbocycles. The number of hydrogen-bond donors (Lipinski definition) is 0. The molecule has 8 heteroatoms. The van der Waals surface area contributed by atoms with Crippen molar-refractivity contribution in [2.75, 3.05) is 9.91 Å². The first-order valence-corrected chi connectivity index (χ1v) is 8.92. The van der Waals surface area contributed by atoms with Gasteiger partial charge in [0.1, 0.15) is 17.7 Å². The van der Waals surface area contributed by atoms with E-state index in [1.165, 1.54) is 11.9 Å². The van der Waals surface area contributed by atoms with Crippen molar-refractivity contribution in [3.05, 3.63) is 58.6 Å². The van der Waals surface area contributed by atoms with Crippen molar-refractivity contribution in [3.63, 3.8) is 0 Å². The molecule has 2 atom stereocenters. The summed E-state index contributed by atoms with van der Waals surface area (Å²) in [5.74, 6) is -2.32. The first-order chi connectivity index (χ1) is 12.9. The molecule has 2 heterocycles. The molecule has 2 amide bonds. The van der Waals surface area contributed by atoms with Crippen molar-refractivity contribution < 1.29 is 14.4 Å². The quantitative estimate of drug-likeness (QED) is 0.739. The Bertz CT molecular complexity index is 1000. The summed E-state index contributed by atoms with van der Waals surface area (Å²) in [7, 11) is 0. The van der Waals surface area contributed by atoms with Crippen LogP contribution in [0.2, 0.25) is 10.0 Å². The van der Waals surface area contributed by atoms with E-state index in [1.54, 1.807) is 48.5 Å². The molecule has 27 heavy (non-hydrogen) atoms. The zero-order chi connectivity index (χ0) is 19.3. The Hall–Kier alpha value is -2.70. The van der Waals surface area contributed by atoms with Gasteiger partial charge in [-0.05, 0) is 36.4 Å². The van der Waals surface area contributed by atoms with Gasteiger partial charge in [0.15, 0.2) is 5.78 Å². The predicted molar refractivity (Wildman–Crippen MR) is 103 cm³/mol. The van der Waals surface area contributed by atoms with E-state index in [2.05, 4.69) is 5.10 Å². The van der Waals surface area contributed by atoms with Gasteiger partial charge in [-0.1, -0.05) is 35.3 Å². The molecule has 2 aliphatic rings. The Morgan fingerprint density at radius 1 is 1.00 bits per heavy atom. The van der Waals surface area contributed by atoms with Crippen LogP contribution in [-0.2, 0) is 14.4 Å². The molecule has 0 spiro atoms. The van der Waals surface area contributed by atoms with Crippen LogP contribution >= 0.6 is 23.2 Å². The number of hydrazone groups is 1. The maximum Gasteiger partial charge on any atom is 0.259 e. The summed E-state index contributed by atoms with van der Waals surface area (Å²) in [6.07, 6.45) is 0. The Labute approximate surface area is 165 Å². The lowest BCUT2D eigenvalue weighted by molar-refractivity contribution is -0.122. The van der Waals surface area contributed by atoms with Gasteiger partial charge in [-0.15, -0.1) is 0 Å². The second kappa shape index (κ2) is 6.48. The Balaban J connectivity index is 1.82. The fourth-order valence-electron chi connectivity index (χ4n) is 3.38. The molecule has 0 radical (unpaired) electrons. The number of fused-ring (bicyclic) bond motifs is 1. The lowest BCUT2D eigenvalue weighted by atomic mass is 9.95. The number of hydrogen-bond acceptors (Lipinski definition) is 5. The third kappa shape index (κ3) is 2.72. The van der Waals surface area contributed by atoms with Crippen molar-refractivity contribution in [2.24, 2.45) is 11.0 Å². The second-order valence-electron chi connectivity index (χ2n) is 6.25. The zero-order valence-electron chi connectivity index (χ0n) is 14.1. The molecule has 4 rings (SSSR count). The van der Waals surface area contributed by atoms with Gasteiger partial charge in [0.2, 0.25) is 5.91 Å². The predicted octanol–water partition coefficient (Wildman–Crippen LogP) is 3.32. The Morgan fingerprint density at radius 2 is 1.67 bits per heavy atom. The SMILES string of the molecule is CC(=O)C1=NN(c2ccc(Cl)cc2)[C@H]2C(=O)N(c3ccccc3Cl)C(=O)[C@H]12. The topological polar surface area (TPSA) is 70.1 Å². The van der Waals surface area contributed by atoms with Crippen LogP contribution in [0.1, 0.15) is 6.92 Å². The number of ketones is 1. The number of halogens is 2. The summed E-state index contributed by atoms with van der Waals surface area (Å²) in [4.78, 5) is 39.4. The molecule has 0 N–H and O–H groups in total. The number of carbonyl (C=O) groups is 3. The van der Waals surface area contributed by atoms with Crippen molar-refractivity contribution in [1.82, 2.24) is 0 Å². The number of carbonyl (C=O) groups excluding carboxylic acids is 3. The fourth-order valence-corrected chi connectivity index (χ4v) is 3.73. The van der Waals surface area contributed by atoms with Crippen molar-refractivity contribution in [1.29, 1.82) is 0 Å². The average molecular weight is 402 g/mol. The summed E-state index contributed by atoms with van der Waals surface area (Å²) in [6, 6.07) is 12.3. The van der Waals surface area contributed by atoms with Crippen LogP contribution in [0.5, 0.6) is 0 Å². The molecule has 136 valence electrons. The van der Waals surface area contributed by atoms with E-state index >= 15 is 0 Å². The number of nitrogens with zero attached hydrogens (tertiary/aromatic N) is 3. The van der Waals surface area contributed by atoms with Crippen molar-refractivity contribution in [3.8, 4) is 0 Å². The number of benzene rings is 2. The molecule has 2 aromatic rings. The van der Waals surface area contributed by atoms with Gasteiger partial charge in [-0.3, -0.25) is 19.4 Å². The highest BCUT2D eigenvalue weighted by Gasteiger charge is 2.58. The van der Waals surface area contributed by atoms with Gasteiger partial charge in [0.25, 0.3) is 5.91 Å². The van der Waals surface area contributed by atoms with Crippen LogP contribution < -0.4 is 9.91 Å². The maximum absolute atomic E-state index is 13.2. The van der Waals surface area contributed by atoms with Gasteiger partial charge in [-0.25, -0.2) is 4.90 Å². The Kier molecular flexibility index (Phi) is 4.25. The minimum atomic E-state index is -0.970. The second-order valence-corrected chi connectivity index (χ2v) is 7.09. The molecule has 1 saturated heterocycles. The van der Waals surface area contributed by atoms with Crippen molar-refractivity contribution >= 4 is 57.9 Å². The summed E-state index contributed by atoms with van der Waals surface area (Å²) in [5, 5.41) is 6.49. The van der Waals surface area contributed by atoms with Crippen LogP contribution in [0.25, 0.3) is 0 Å². The highest BCUT2D eigenvalue weighted by atomic mass is 35.5. The molecule has 1 fully saturated rings. The van der Waals surface area contributed by atoms with Crippen molar-refractivity contribution in [2.45, 2.75) is 13.0 Å². The molecule has 0 aromatic heterocycles. The minimum Gasteiger partial charge on any atom is -0.293 e. The molecule has 2 aliphatic heterocycles. The number of para-hydroxylation sites is 1. The van der Waals surface area contributed by atoms with Gasteiger partial charge < -0.3 is 0 Å². The number of rotatable bonds is 3. The summed E-state index contributed by atoms with van der Waals surface area (Å²) in [6.45, 7) is 1.33. The Morgan fingerprint density at radius 3 is 2.30 bits per heavy atom. The number of amides is 2. The van der Waals surface area contributed by atoms with Crippen LogP contribution in [0.4, 0.5) is 11.4 Å². The van der Waals surface area contributed by atoms with E-state index < -0.39 is 23.8 Å². The molecule has 0 aliphatic carbocycles. The molecule has 0 bridgehead atoms. The first-order valence-electron chi connectivity index (χ1n) is 8.16. The van der Waals surface area contributed by atoms with E-state index in [4.69, 9.17) is 23.2 Å². The number of Topliss-reactive ketones (excluding diaryl/α,β-unsaturated/α-hetero) is 1. The maximum atomic E-state index is 13.2. The number of imide groups is 1. The van der Waals surface area contributed by atoms with Gasteiger partial charge in [0.05, 0.1) is 16.4 Å². The standard InChI is InChI=1S/C19H13Cl2N3O3/c1-10(25)16-15-17(24(22-16)12-8-6-11(20)7-9-12)19(27)23(18(15)26)14-5-3-2-4-13(14)21/h2-9,15,17H,1H3/t15-,17-/m1/s1. The highest BCUT2D eigenvalue weighted by Crippen LogP contribution is 2.39. The fraction of sp³-hybridized carbons (Fsp3) is 0.158. The normalized spacial score (nSPS) is 21.5. The molecule has 6 nitrogen and oxygen atoms in total. The smallest absolute Gasteiger partial charge is 0.259 e. The average Bonchev–Trinajstić information content (AvgIpc) is 3.15. The highest BCUT2D eigenvalue weighted by molar-refractivity contribution is 6.49. The minimum absolute atomic E-state index is 0.0582. The first kappa shape index (κ1) is 17.7. The van der Waals surface area contributed by atoms with E-state index in [-0.39, 0.29) is 16.5 Å². The van der Waals surface area contributed by atoms with E-state index in [9.17, 15) is 14.4 Å². The zero-order valence-corrected chi connectivity index (χ0v) is 15.6. The third-order valence-corrected chi connectivity index (χ3v) is 5.17. The molecule has 2 aromatic carbocycles. The van der Waals surface area contributed by atoms with E-state index in [0.29, 0.717) is 16.4 Å². The monoisotopic (exact) mass is 401 g/mol. The third-order valence-electron chi connectivity index (χ3n) is 4.59. The van der Waals surface area contributed by atoms with Crippen LogP contribution in [0.3, 0.4) is 0 Å². The summed E-state index contributed by atoms with van der Waals surface area (Å²) in [5.41, 5.74) is 0.915. The largest absolute Gasteiger partial charge is 0.293 e. The van der Waals surface area contributed by atoms with E-state index in [1.807, 2.05) is 0 Å². The summed E-state index contributed by atoms with van der Waals surface area (Å²) >= 11 is 12.1. The van der Waals surface area contributed by atoms with Gasteiger partial charge >= 0.3 is 0 Å². The van der Waals surface area contributed by atoms with Crippen LogP contribution in [0.15, 0.2) is 53.6 Å². The lowest BCUT2D eigenvalue weighted by Gasteiger charge is -2.22. The molecular weight excluding hydrogens is 389 g/mol. The van der Waals surface area contributed by atoms with Crippen LogP contribution in [0, 0.1) is 5.92 Å².